The molecule has 0 bridgehead atoms. The van der Waals surface area contributed by atoms with E-state index in [-0.39, 0.29) is 11.5 Å². The van der Waals surface area contributed by atoms with Crippen LogP contribution in [0, 0.1) is 0 Å². The van der Waals surface area contributed by atoms with Gasteiger partial charge in [0.25, 0.3) is 0 Å². The van der Waals surface area contributed by atoms with Gasteiger partial charge in [-0.2, -0.15) is 0 Å². The molecule has 100 valence electrons. The van der Waals surface area contributed by atoms with Crippen LogP contribution >= 0.6 is 0 Å². The van der Waals surface area contributed by atoms with Gasteiger partial charge in [0.1, 0.15) is 5.60 Å². The second-order valence-corrected chi connectivity index (χ2v) is 5.01. The second kappa shape index (κ2) is 5.16. The van der Waals surface area contributed by atoms with Gasteiger partial charge in [-0.05, 0) is 27.7 Å². The molecular weight excluding hydrogens is 236 g/mol. The lowest BCUT2D eigenvalue weighted by Gasteiger charge is -2.21. The van der Waals surface area contributed by atoms with Crippen molar-refractivity contribution in [1.29, 1.82) is 0 Å². The monoisotopic (exact) mass is 254 g/mol. The number of nitrogens with zero attached hydrogens (tertiary/aromatic N) is 3. The minimum atomic E-state index is -0.712. The average molecular weight is 254 g/mol. The summed E-state index contributed by atoms with van der Waals surface area (Å²) in [6, 6.07) is -0.712. The van der Waals surface area contributed by atoms with Crippen LogP contribution in [0.5, 0.6) is 0 Å². The number of hydrogen-bond donors (Lipinski definition) is 1. The number of Topliss-reactive ketones (excluding diaryl/α,β-unsaturated/α-hetero) is 1. The number of hydrogen-bond acceptors (Lipinski definition) is 5. The first-order chi connectivity index (χ1) is 8.19. The van der Waals surface area contributed by atoms with E-state index in [4.69, 9.17) is 4.74 Å². The zero-order valence-electron chi connectivity index (χ0n) is 11.2. The largest absolute Gasteiger partial charge is 0.444 e. The maximum Gasteiger partial charge on any atom is 0.408 e. The molecule has 0 unspecified atom stereocenters. The molecule has 18 heavy (non-hydrogen) atoms. The Bertz CT molecular complexity index is 447. The number of aryl methyl sites for hydroxylation is 1. The number of rotatable bonds is 3. The highest BCUT2D eigenvalue weighted by atomic mass is 16.6. The molecule has 7 nitrogen and oxygen atoms in total. The summed E-state index contributed by atoms with van der Waals surface area (Å²) in [5, 5.41) is 9.81. The summed E-state index contributed by atoms with van der Waals surface area (Å²) in [5.74, 6) is -0.311. The number of carbonyl (C=O) groups excluding carboxylic acids is 2. The quantitative estimate of drug-likeness (QED) is 0.810. The lowest BCUT2D eigenvalue weighted by atomic mass is 10.1. The van der Waals surface area contributed by atoms with Crippen LogP contribution in [0.15, 0.2) is 6.20 Å². The van der Waals surface area contributed by atoms with Crippen molar-refractivity contribution in [3.05, 3.63) is 11.9 Å². The Balaban J connectivity index is 2.58. The molecule has 1 rings (SSSR count). The smallest absolute Gasteiger partial charge is 0.408 e. The zero-order valence-corrected chi connectivity index (χ0v) is 11.2. The number of aromatic nitrogens is 3. The van der Waals surface area contributed by atoms with Crippen LogP contribution in [0.2, 0.25) is 0 Å². The van der Waals surface area contributed by atoms with Gasteiger partial charge in [-0.3, -0.25) is 9.48 Å². The van der Waals surface area contributed by atoms with Gasteiger partial charge >= 0.3 is 6.09 Å². The highest BCUT2D eigenvalue weighted by Crippen LogP contribution is 2.07. The van der Waals surface area contributed by atoms with Crippen molar-refractivity contribution in [3.8, 4) is 0 Å². The third-order valence-corrected chi connectivity index (χ3v) is 1.98. The molecule has 0 fully saturated rings. The number of ether oxygens (including phenoxy) is 1. The van der Waals surface area contributed by atoms with Gasteiger partial charge in [0.2, 0.25) is 5.78 Å². The molecule has 1 amide bonds. The third-order valence-electron chi connectivity index (χ3n) is 1.98. The average Bonchev–Trinajstić information content (AvgIpc) is 2.60. The highest BCUT2D eigenvalue weighted by molar-refractivity contribution is 5.99. The molecule has 1 atom stereocenters. The molecule has 1 N–H and O–H groups in total. The summed E-state index contributed by atoms with van der Waals surface area (Å²) in [5.41, 5.74) is -0.389. The van der Waals surface area contributed by atoms with Gasteiger partial charge in [-0.1, -0.05) is 5.21 Å². The van der Waals surface area contributed by atoms with Crippen molar-refractivity contribution < 1.29 is 14.3 Å². The summed E-state index contributed by atoms with van der Waals surface area (Å²) < 4.78 is 6.48. The Hall–Kier alpha value is -1.92. The second-order valence-electron chi connectivity index (χ2n) is 5.01. The maximum absolute atomic E-state index is 11.9. The number of amides is 1. The summed E-state index contributed by atoms with van der Waals surface area (Å²) in [6.07, 6.45) is 0.863. The van der Waals surface area contributed by atoms with E-state index in [0.29, 0.717) is 0 Å². The molecule has 0 aliphatic carbocycles. The first-order valence-electron chi connectivity index (χ1n) is 5.59. The first kappa shape index (κ1) is 14.1. The van der Waals surface area contributed by atoms with E-state index in [2.05, 4.69) is 15.6 Å². The van der Waals surface area contributed by atoms with E-state index in [1.165, 1.54) is 10.9 Å². The van der Waals surface area contributed by atoms with E-state index >= 15 is 0 Å². The van der Waals surface area contributed by atoms with E-state index in [1.54, 1.807) is 34.7 Å². The fourth-order valence-corrected chi connectivity index (χ4v) is 1.23. The van der Waals surface area contributed by atoms with Crippen LogP contribution in [-0.4, -0.2) is 38.5 Å². The Labute approximate surface area is 105 Å². The fraction of sp³-hybridized carbons (Fsp3) is 0.636. The summed E-state index contributed by atoms with van der Waals surface area (Å²) in [4.78, 5) is 23.4. The molecule has 1 aromatic heterocycles. The molecule has 0 radical (unpaired) electrons. The van der Waals surface area contributed by atoms with Crippen molar-refractivity contribution >= 4 is 11.9 Å². The molecule has 0 aliphatic rings. The van der Waals surface area contributed by atoms with Crippen LogP contribution < -0.4 is 5.32 Å². The van der Waals surface area contributed by atoms with Gasteiger partial charge in [0, 0.05) is 7.05 Å². The standard InChI is InChI=1S/C11H18N4O3/c1-7(12-10(17)18-11(2,3)4)9(16)8-6-15(5)14-13-8/h6-7H,1-5H3,(H,12,17)/t7-/m1/s1. The molecule has 0 aliphatic heterocycles. The fourth-order valence-electron chi connectivity index (χ4n) is 1.23. The number of ketones is 1. The lowest BCUT2D eigenvalue weighted by Crippen LogP contribution is -2.41. The lowest BCUT2D eigenvalue weighted by molar-refractivity contribution is 0.0496. The molecule has 1 aromatic rings. The van der Waals surface area contributed by atoms with Crippen LogP contribution in [-0.2, 0) is 11.8 Å². The molecule has 0 spiro atoms. The van der Waals surface area contributed by atoms with Crippen molar-refractivity contribution in [2.45, 2.75) is 39.3 Å². The van der Waals surface area contributed by atoms with Crippen molar-refractivity contribution in [2.75, 3.05) is 0 Å². The van der Waals surface area contributed by atoms with Crippen molar-refractivity contribution in [2.24, 2.45) is 7.05 Å². The predicted octanol–water partition coefficient (Wildman–Crippen LogP) is 0.911. The Morgan fingerprint density at radius 2 is 2.06 bits per heavy atom. The molecule has 0 aromatic carbocycles. The number of alkyl carbamates (subject to hydrolysis) is 1. The maximum atomic E-state index is 11.9. The Morgan fingerprint density at radius 3 is 2.50 bits per heavy atom. The molecule has 1 heterocycles. The molecule has 7 heteroatoms. The normalized spacial score (nSPS) is 12.9. The van der Waals surface area contributed by atoms with Crippen LogP contribution in [0.3, 0.4) is 0 Å². The molecule has 0 saturated carbocycles. The zero-order chi connectivity index (χ0) is 13.9. The SMILES string of the molecule is C[C@@H](NC(=O)OC(C)(C)C)C(=O)c1cn(C)nn1. The van der Waals surface area contributed by atoms with Gasteiger partial charge in [-0.15, -0.1) is 5.10 Å². The van der Waals surface area contributed by atoms with Gasteiger partial charge in [0.05, 0.1) is 12.2 Å². The van der Waals surface area contributed by atoms with Gasteiger partial charge in [-0.25, -0.2) is 4.79 Å². The summed E-state index contributed by atoms with van der Waals surface area (Å²) >= 11 is 0. The van der Waals surface area contributed by atoms with Crippen molar-refractivity contribution in [3.63, 3.8) is 0 Å². The van der Waals surface area contributed by atoms with Crippen LogP contribution in [0.25, 0.3) is 0 Å². The minimum Gasteiger partial charge on any atom is -0.444 e. The van der Waals surface area contributed by atoms with Crippen LogP contribution in [0.1, 0.15) is 38.2 Å². The van der Waals surface area contributed by atoms with Gasteiger partial charge < -0.3 is 10.1 Å². The van der Waals surface area contributed by atoms with Crippen LogP contribution in [0.4, 0.5) is 4.79 Å². The van der Waals surface area contributed by atoms with Gasteiger partial charge in [0.15, 0.2) is 5.69 Å². The topological polar surface area (TPSA) is 86.1 Å². The summed E-state index contributed by atoms with van der Waals surface area (Å²) in [7, 11) is 1.66. The molecular formula is C11H18N4O3. The first-order valence-corrected chi connectivity index (χ1v) is 5.59. The number of nitrogens with one attached hydrogen (secondary N) is 1. The summed E-state index contributed by atoms with van der Waals surface area (Å²) in [6.45, 7) is 6.83. The van der Waals surface area contributed by atoms with E-state index < -0.39 is 17.7 Å². The Morgan fingerprint density at radius 1 is 1.44 bits per heavy atom. The minimum absolute atomic E-state index is 0.209. The van der Waals surface area contributed by atoms with E-state index in [9.17, 15) is 9.59 Å². The Kier molecular flexibility index (Phi) is 4.05. The predicted molar refractivity (Wildman–Crippen MR) is 64.2 cm³/mol. The number of carbonyl (C=O) groups is 2. The van der Waals surface area contributed by atoms with Crippen molar-refractivity contribution in [1.82, 2.24) is 20.3 Å². The van der Waals surface area contributed by atoms with E-state index in [0.717, 1.165) is 0 Å². The van der Waals surface area contributed by atoms with E-state index in [1.807, 2.05) is 0 Å². The highest BCUT2D eigenvalue weighted by Gasteiger charge is 2.23. The molecule has 0 saturated heterocycles. The third kappa shape index (κ3) is 4.15.